The monoisotopic (exact) mass is 275 g/mol. The van der Waals surface area contributed by atoms with E-state index in [1.54, 1.807) is 0 Å². The van der Waals surface area contributed by atoms with Crippen molar-refractivity contribution in [1.82, 2.24) is 24.6 Å². The largest absolute Gasteiger partial charge is 0.338 e. The molecule has 0 saturated carbocycles. The standard InChI is InChI=1S/C15H25N5/c1-11(2)17-10-14-12(3)18-20(13(14)4)8-6-15-16-7-9-19(15)5/h7,9,11,17H,6,8,10H2,1-5H3. The molecule has 0 amide bonds. The van der Waals surface area contributed by atoms with Gasteiger partial charge in [0.15, 0.2) is 0 Å². The smallest absolute Gasteiger partial charge is 0.110 e. The fourth-order valence-corrected chi connectivity index (χ4v) is 2.36. The summed E-state index contributed by atoms with van der Waals surface area (Å²) in [7, 11) is 2.03. The fourth-order valence-electron chi connectivity index (χ4n) is 2.36. The van der Waals surface area contributed by atoms with Crippen LogP contribution in [0.5, 0.6) is 0 Å². The molecule has 0 aliphatic heterocycles. The van der Waals surface area contributed by atoms with Gasteiger partial charge in [-0.2, -0.15) is 5.10 Å². The second-order valence-corrected chi connectivity index (χ2v) is 5.61. The molecular formula is C15H25N5. The van der Waals surface area contributed by atoms with E-state index in [1.807, 2.05) is 19.4 Å². The molecule has 0 bridgehead atoms. The molecule has 20 heavy (non-hydrogen) atoms. The van der Waals surface area contributed by atoms with Crippen LogP contribution in [0.2, 0.25) is 0 Å². The SMILES string of the molecule is Cc1nn(CCc2nccn2C)c(C)c1CNC(C)C. The van der Waals surface area contributed by atoms with Crippen LogP contribution in [0.4, 0.5) is 0 Å². The number of imidazole rings is 1. The number of aromatic nitrogens is 4. The van der Waals surface area contributed by atoms with Gasteiger partial charge in [0.05, 0.1) is 5.69 Å². The van der Waals surface area contributed by atoms with Gasteiger partial charge >= 0.3 is 0 Å². The predicted octanol–water partition coefficient (Wildman–Crippen LogP) is 1.97. The van der Waals surface area contributed by atoms with E-state index >= 15 is 0 Å². The lowest BCUT2D eigenvalue weighted by atomic mass is 10.2. The maximum Gasteiger partial charge on any atom is 0.110 e. The third-order valence-electron chi connectivity index (χ3n) is 3.69. The second-order valence-electron chi connectivity index (χ2n) is 5.61. The molecule has 0 aromatic carbocycles. The van der Waals surface area contributed by atoms with Gasteiger partial charge in [-0.1, -0.05) is 13.8 Å². The van der Waals surface area contributed by atoms with Gasteiger partial charge in [0.25, 0.3) is 0 Å². The molecule has 0 saturated heterocycles. The Kier molecular flexibility index (Phi) is 4.60. The number of nitrogens with zero attached hydrogens (tertiary/aromatic N) is 4. The summed E-state index contributed by atoms with van der Waals surface area (Å²) >= 11 is 0. The second kappa shape index (κ2) is 6.22. The fraction of sp³-hybridized carbons (Fsp3) is 0.600. The zero-order chi connectivity index (χ0) is 14.7. The lowest BCUT2D eigenvalue weighted by molar-refractivity contribution is 0.566. The summed E-state index contributed by atoms with van der Waals surface area (Å²) in [6.07, 6.45) is 4.73. The molecule has 5 nitrogen and oxygen atoms in total. The molecule has 0 atom stereocenters. The lowest BCUT2D eigenvalue weighted by Gasteiger charge is -2.09. The van der Waals surface area contributed by atoms with E-state index in [9.17, 15) is 0 Å². The van der Waals surface area contributed by atoms with Crippen LogP contribution in [0, 0.1) is 13.8 Å². The van der Waals surface area contributed by atoms with Crippen LogP contribution in [0.15, 0.2) is 12.4 Å². The molecular weight excluding hydrogens is 250 g/mol. The van der Waals surface area contributed by atoms with Gasteiger partial charge in [-0.15, -0.1) is 0 Å². The number of hydrogen-bond donors (Lipinski definition) is 1. The number of hydrogen-bond acceptors (Lipinski definition) is 3. The molecule has 0 aliphatic rings. The summed E-state index contributed by atoms with van der Waals surface area (Å²) in [5.41, 5.74) is 3.69. The van der Waals surface area contributed by atoms with E-state index in [1.165, 1.54) is 11.3 Å². The first-order valence-corrected chi connectivity index (χ1v) is 7.21. The molecule has 1 N–H and O–H groups in total. The molecule has 5 heteroatoms. The van der Waals surface area contributed by atoms with Crippen molar-refractivity contribution >= 4 is 0 Å². The van der Waals surface area contributed by atoms with Crippen LogP contribution in [-0.2, 0) is 26.6 Å². The molecule has 0 fully saturated rings. The Labute approximate surface area is 121 Å². The quantitative estimate of drug-likeness (QED) is 0.877. The highest BCUT2D eigenvalue weighted by Gasteiger charge is 2.12. The molecule has 0 spiro atoms. The van der Waals surface area contributed by atoms with Crippen molar-refractivity contribution in [3.63, 3.8) is 0 Å². The van der Waals surface area contributed by atoms with Gasteiger partial charge < -0.3 is 9.88 Å². The van der Waals surface area contributed by atoms with Gasteiger partial charge in [0, 0.05) is 56.3 Å². The Morgan fingerprint density at radius 1 is 1.30 bits per heavy atom. The van der Waals surface area contributed by atoms with E-state index in [2.05, 4.69) is 52.3 Å². The van der Waals surface area contributed by atoms with E-state index < -0.39 is 0 Å². The molecule has 0 radical (unpaired) electrons. The Hall–Kier alpha value is -1.62. The first kappa shape index (κ1) is 14.8. The van der Waals surface area contributed by atoms with Crippen molar-refractivity contribution < 1.29 is 0 Å². The van der Waals surface area contributed by atoms with Crippen LogP contribution in [0.25, 0.3) is 0 Å². The summed E-state index contributed by atoms with van der Waals surface area (Å²) in [5, 5.41) is 8.12. The van der Waals surface area contributed by atoms with E-state index in [0.29, 0.717) is 6.04 Å². The van der Waals surface area contributed by atoms with Gasteiger partial charge in [-0.05, 0) is 13.8 Å². The summed E-state index contributed by atoms with van der Waals surface area (Å²) in [4.78, 5) is 4.36. The van der Waals surface area contributed by atoms with Gasteiger partial charge in [0.1, 0.15) is 5.82 Å². The van der Waals surface area contributed by atoms with E-state index in [4.69, 9.17) is 0 Å². The van der Waals surface area contributed by atoms with Crippen molar-refractivity contribution in [3.8, 4) is 0 Å². The third-order valence-corrected chi connectivity index (χ3v) is 3.69. The number of rotatable bonds is 6. The molecule has 2 aromatic heterocycles. The zero-order valence-electron chi connectivity index (χ0n) is 13.1. The average Bonchev–Trinajstić information content (AvgIpc) is 2.90. The number of aryl methyl sites for hydroxylation is 4. The third kappa shape index (κ3) is 3.28. The van der Waals surface area contributed by atoms with Crippen LogP contribution >= 0.6 is 0 Å². The summed E-state index contributed by atoms with van der Waals surface area (Å²) in [6.45, 7) is 10.3. The molecule has 0 unspecified atom stereocenters. The van der Waals surface area contributed by atoms with Crippen LogP contribution in [0.3, 0.4) is 0 Å². The minimum Gasteiger partial charge on any atom is -0.338 e. The zero-order valence-corrected chi connectivity index (χ0v) is 13.1. The molecule has 0 aliphatic carbocycles. The van der Waals surface area contributed by atoms with Crippen molar-refractivity contribution in [1.29, 1.82) is 0 Å². The van der Waals surface area contributed by atoms with Crippen LogP contribution in [0.1, 0.15) is 36.6 Å². The average molecular weight is 275 g/mol. The highest BCUT2D eigenvalue weighted by Crippen LogP contribution is 2.13. The number of nitrogens with one attached hydrogen (secondary N) is 1. The Morgan fingerprint density at radius 2 is 2.05 bits per heavy atom. The summed E-state index contributed by atoms with van der Waals surface area (Å²) < 4.78 is 4.16. The predicted molar refractivity (Wildman–Crippen MR) is 80.6 cm³/mol. The first-order chi connectivity index (χ1) is 9.49. The Morgan fingerprint density at radius 3 is 2.65 bits per heavy atom. The van der Waals surface area contributed by atoms with Crippen molar-refractivity contribution in [2.45, 2.75) is 53.2 Å². The minimum absolute atomic E-state index is 0.490. The van der Waals surface area contributed by atoms with Crippen molar-refractivity contribution in [3.05, 3.63) is 35.2 Å². The lowest BCUT2D eigenvalue weighted by Crippen LogP contribution is -2.22. The normalized spacial score (nSPS) is 11.5. The van der Waals surface area contributed by atoms with E-state index in [0.717, 1.165) is 31.0 Å². The maximum absolute atomic E-state index is 4.66. The van der Waals surface area contributed by atoms with Crippen molar-refractivity contribution in [2.75, 3.05) is 0 Å². The van der Waals surface area contributed by atoms with E-state index in [-0.39, 0.29) is 0 Å². The van der Waals surface area contributed by atoms with Gasteiger partial charge in [-0.25, -0.2) is 4.98 Å². The Bertz CT molecular complexity index is 565. The topological polar surface area (TPSA) is 47.7 Å². The molecule has 110 valence electrons. The summed E-state index contributed by atoms with van der Waals surface area (Å²) in [6, 6.07) is 0.490. The summed E-state index contributed by atoms with van der Waals surface area (Å²) in [5.74, 6) is 1.10. The Balaban J connectivity index is 2.05. The van der Waals surface area contributed by atoms with Crippen LogP contribution < -0.4 is 5.32 Å². The van der Waals surface area contributed by atoms with Gasteiger partial charge in [0.2, 0.25) is 0 Å². The highest BCUT2D eigenvalue weighted by molar-refractivity contribution is 5.24. The molecule has 2 aromatic rings. The maximum atomic E-state index is 4.66. The highest BCUT2D eigenvalue weighted by atomic mass is 15.3. The van der Waals surface area contributed by atoms with Gasteiger partial charge in [-0.3, -0.25) is 4.68 Å². The first-order valence-electron chi connectivity index (χ1n) is 7.21. The van der Waals surface area contributed by atoms with Crippen LogP contribution in [-0.4, -0.2) is 25.4 Å². The molecule has 2 heterocycles. The van der Waals surface area contributed by atoms with Crippen molar-refractivity contribution in [2.24, 2.45) is 7.05 Å². The minimum atomic E-state index is 0.490. The molecule has 2 rings (SSSR count).